The summed E-state index contributed by atoms with van der Waals surface area (Å²) < 4.78 is 5.82. The number of thiophene rings is 1. The fraction of sp³-hybridized carbons (Fsp3) is 0.312. The Labute approximate surface area is 129 Å². The van der Waals surface area contributed by atoms with Crippen molar-refractivity contribution < 1.29 is 4.74 Å². The van der Waals surface area contributed by atoms with E-state index in [1.165, 1.54) is 5.56 Å². The van der Waals surface area contributed by atoms with Crippen LogP contribution in [0.4, 0.5) is 0 Å². The molecule has 21 heavy (non-hydrogen) atoms. The first kappa shape index (κ1) is 15.4. The second kappa shape index (κ2) is 8.32. The third kappa shape index (κ3) is 5.47. The molecule has 2 rings (SSSR count). The van der Waals surface area contributed by atoms with Crippen molar-refractivity contribution in [2.45, 2.75) is 19.6 Å². The second-order valence-electron chi connectivity index (χ2n) is 4.68. The molecule has 1 atom stereocenters. The summed E-state index contributed by atoms with van der Waals surface area (Å²) in [6.45, 7) is 3.50. The lowest BCUT2D eigenvalue weighted by molar-refractivity contribution is 0.224. The highest BCUT2D eigenvalue weighted by atomic mass is 32.1. The van der Waals surface area contributed by atoms with E-state index in [2.05, 4.69) is 32.5 Å². The molecule has 1 unspecified atom stereocenters. The number of guanidine groups is 1. The molecule has 5 heteroatoms. The van der Waals surface area contributed by atoms with Gasteiger partial charge in [-0.3, -0.25) is 4.99 Å². The molecule has 1 aromatic carbocycles. The van der Waals surface area contributed by atoms with E-state index in [-0.39, 0.29) is 6.10 Å². The quantitative estimate of drug-likeness (QED) is 0.637. The first-order chi connectivity index (χ1) is 10.3. The summed E-state index contributed by atoms with van der Waals surface area (Å²) in [5.41, 5.74) is 1.26. The van der Waals surface area contributed by atoms with Crippen LogP contribution in [0.25, 0.3) is 0 Å². The van der Waals surface area contributed by atoms with Crippen molar-refractivity contribution in [3.8, 4) is 5.75 Å². The first-order valence-electron chi connectivity index (χ1n) is 6.95. The van der Waals surface area contributed by atoms with Crippen LogP contribution in [0, 0.1) is 0 Å². The molecule has 0 fully saturated rings. The zero-order chi connectivity index (χ0) is 14.9. The van der Waals surface area contributed by atoms with Gasteiger partial charge in [0.1, 0.15) is 11.9 Å². The summed E-state index contributed by atoms with van der Waals surface area (Å²) in [7, 11) is 1.77. The van der Waals surface area contributed by atoms with Gasteiger partial charge in [-0.15, -0.1) is 0 Å². The van der Waals surface area contributed by atoms with E-state index < -0.39 is 0 Å². The van der Waals surface area contributed by atoms with Gasteiger partial charge in [0, 0.05) is 13.6 Å². The predicted molar refractivity (Wildman–Crippen MR) is 89.1 cm³/mol. The van der Waals surface area contributed by atoms with Gasteiger partial charge in [-0.05, 0) is 41.4 Å². The molecule has 0 bridgehead atoms. The molecule has 0 aliphatic rings. The molecule has 0 saturated heterocycles. The maximum atomic E-state index is 5.82. The van der Waals surface area contributed by atoms with Crippen LogP contribution in [0.1, 0.15) is 12.5 Å². The zero-order valence-corrected chi connectivity index (χ0v) is 13.2. The fourth-order valence-corrected chi connectivity index (χ4v) is 2.48. The molecule has 0 aliphatic carbocycles. The lowest BCUT2D eigenvalue weighted by Crippen LogP contribution is -2.41. The van der Waals surface area contributed by atoms with Crippen LogP contribution >= 0.6 is 11.3 Å². The van der Waals surface area contributed by atoms with E-state index in [9.17, 15) is 0 Å². The van der Waals surface area contributed by atoms with Gasteiger partial charge in [0.15, 0.2) is 5.96 Å². The Balaban J connectivity index is 1.72. The van der Waals surface area contributed by atoms with Crippen LogP contribution in [-0.2, 0) is 6.54 Å². The van der Waals surface area contributed by atoms with Crippen molar-refractivity contribution in [2.24, 2.45) is 4.99 Å². The van der Waals surface area contributed by atoms with Crippen LogP contribution < -0.4 is 15.4 Å². The molecule has 0 amide bonds. The molecule has 0 aliphatic heterocycles. The number of nitrogens with one attached hydrogen (secondary N) is 2. The van der Waals surface area contributed by atoms with E-state index in [0.29, 0.717) is 6.54 Å². The van der Waals surface area contributed by atoms with E-state index in [0.717, 1.165) is 18.3 Å². The molecule has 0 spiro atoms. The van der Waals surface area contributed by atoms with Crippen LogP contribution in [0.5, 0.6) is 5.75 Å². The van der Waals surface area contributed by atoms with Gasteiger partial charge in [0.05, 0.1) is 6.54 Å². The van der Waals surface area contributed by atoms with Gasteiger partial charge < -0.3 is 15.4 Å². The summed E-state index contributed by atoms with van der Waals surface area (Å²) in [6, 6.07) is 11.9. The largest absolute Gasteiger partial charge is 0.489 e. The standard InChI is InChI=1S/C16H21N3OS/c1-13(20-15-6-4-3-5-7-15)10-18-16(17-2)19-11-14-8-9-21-12-14/h3-9,12-13H,10-11H2,1-2H3,(H2,17,18,19). The maximum absolute atomic E-state index is 5.82. The van der Waals surface area contributed by atoms with E-state index in [1.807, 2.05) is 37.3 Å². The van der Waals surface area contributed by atoms with Gasteiger partial charge in [-0.1, -0.05) is 18.2 Å². The minimum Gasteiger partial charge on any atom is -0.489 e. The molecule has 2 N–H and O–H groups in total. The van der Waals surface area contributed by atoms with E-state index >= 15 is 0 Å². The number of benzene rings is 1. The fourth-order valence-electron chi connectivity index (χ4n) is 1.81. The van der Waals surface area contributed by atoms with Crippen LogP contribution in [0.2, 0.25) is 0 Å². The van der Waals surface area contributed by atoms with Gasteiger partial charge in [0.25, 0.3) is 0 Å². The average Bonchev–Trinajstić information content (AvgIpc) is 3.02. The lowest BCUT2D eigenvalue weighted by atomic mass is 10.3. The Kier molecular flexibility index (Phi) is 6.09. The van der Waals surface area contributed by atoms with Gasteiger partial charge in [-0.25, -0.2) is 0 Å². The van der Waals surface area contributed by atoms with E-state index in [4.69, 9.17) is 4.74 Å². The highest BCUT2D eigenvalue weighted by molar-refractivity contribution is 7.07. The van der Waals surface area contributed by atoms with Crippen molar-refractivity contribution in [1.82, 2.24) is 10.6 Å². The van der Waals surface area contributed by atoms with Crippen molar-refractivity contribution in [2.75, 3.05) is 13.6 Å². The topological polar surface area (TPSA) is 45.7 Å². The van der Waals surface area contributed by atoms with Crippen molar-refractivity contribution in [3.63, 3.8) is 0 Å². The minimum atomic E-state index is 0.0621. The molecular weight excluding hydrogens is 282 g/mol. The highest BCUT2D eigenvalue weighted by Gasteiger charge is 2.05. The van der Waals surface area contributed by atoms with Crippen LogP contribution in [-0.4, -0.2) is 25.7 Å². The number of nitrogens with zero attached hydrogens (tertiary/aromatic N) is 1. The second-order valence-corrected chi connectivity index (χ2v) is 5.46. The summed E-state index contributed by atoms with van der Waals surface area (Å²) in [5.74, 6) is 1.66. The monoisotopic (exact) mass is 303 g/mol. The molecule has 112 valence electrons. The number of para-hydroxylation sites is 1. The van der Waals surface area contributed by atoms with E-state index in [1.54, 1.807) is 18.4 Å². The van der Waals surface area contributed by atoms with Gasteiger partial charge >= 0.3 is 0 Å². The maximum Gasteiger partial charge on any atom is 0.191 e. The molecule has 1 aromatic heterocycles. The number of ether oxygens (including phenoxy) is 1. The molecule has 0 radical (unpaired) electrons. The van der Waals surface area contributed by atoms with Crippen LogP contribution in [0.15, 0.2) is 52.2 Å². The lowest BCUT2D eigenvalue weighted by Gasteiger charge is -2.17. The van der Waals surface area contributed by atoms with Gasteiger partial charge in [-0.2, -0.15) is 11.3 Å². The zero-order valence-electron chi connectivity index (χ0n) is 12.4. The Bertz CT molecular complexity index is 540. The highest BCUT2D eigenvalue weighted by Crippen LogP contribution is 2.10. The van der Waals surface area contributed by atoms with Gasteiger partial charge in [0.2, 0.25) is 0 Å². The summed E-state index contributed by atoms with van der Waals surface area (Å²) in [6.07, 6.45) is 0.0621. The third-order valence-corrected chi connectivity index (χ3v) is 3.63. The third-order valence-electron chi connectivity index (χ3n) is 2.90. The van der Waals surface area contributed by atoms with Crippen molar-refractivity contribution >= 4 is 17.3 Å². The smallest absolute Gasteiger partial charge is 0.191 e. The number of aliphatic imine (C=N–C) groups is 1. The molecule has 0 saturated carbocycles. The Morgan fingerprint density at radius 3 is 2.71 bits per heavy atom. The normalized spacial score (nSPS) is 12.8. The summed E-state index contributed by atoms with van der Waals surface area (Å²) >= 11 is 1.70. The predicted octanol–water partition coefficient (Wildman–Crippen LogP) is 2.88. The Morgan fingerprint density at radius 1 is 1.24 bits per heavy atom. The van der Waals surface area contributed by atoms with Crippen molar-refractivity contribution in [1.29, 1.82) is 0 Å². The summed E-state index contributed by atoms with van der Waals surface area (Å²) in [5, 5.41) is 10.7. The molecule has 1 heterocycles. The molecule has 2 aromatic rings. The molecular formula is C16H21N3OS. The van der Waals surface area contributed by atoms with Crippen molar-refractivity contribution in [3.05, 3.63) is 52.7 Å². The first-order valence-corrected chi connectivity index (χ1v) is 7.89. The molecule has 4 nitrogen and oxygen atoms in total. The number of hydrogen-bond donors (Lipinski definition) is 2. The minimum absolute atomic E-state index is 0.0621. The SMILES string of the molecule is CN=C(NCc1ccsc1)NCC(C)Oc1ccccc1. The van der Waals surface area contributed by atoms with Crippen LogP contribution in [0.3, 0.4) is 0 Å². The Hall–Kier alpha value is -2.01. The average molecular weight is 303 g/mol. The summed E-state index contributed by atoms with van der Waals surface area (Å²) in [4.78, 5) is 4.21. The number of rotatable bonds is 6. The Morgan fingerprint density at radius 2 is 2.05 bits per heavy atom. The number of hydrogen-bond acceptors (Lipinski definition) is 3.